The molecule has 0 bridgehead atoms. The van der Waals surface area contributed by atoms with E-state index in [1.54, 1.807) is 0 Å². The summed E-state index contributed by atoms with van der Waals surface area (Å²) in [7, 11) is 0. The second-order valence-electron chi connectivity index (χ2n) is 4.96. The van der Waals surface area contributed by atoms with Crippen molar-refractivity contribution >= 4 is 5.69 Å². The summed E-state index contributed by atoms with van der Waals surface area (Å²) in [5.41, 5.74) is 6.19. The summed E-state index contributed by atoms with van der Waals surface area (Å²) in [6.07, 6.45) is 0. The van der Waals surface area contributed by atoms with Crippen LogP contribution in [-0.4, -0.2) is 30.1 Å². The fourth-order valence-electron chi connectivity index (χ4n) is 2.01. The van der Waals surface area contributed by atoms with Gasteiger partial charge in [-0.1, -0.05) is 0 Å². The third kappa shape index (κ3) is 4.18. The van der Waals surface area contributed by atoms with Crippen molar-refractivity contribution in [2.75, 3.05) is 18.9 Å². The minimum Gasteiger partial charge on any atom is -0.490 e. The molecule has 0 amide bonds. The van der Waals surface area contributed by atoms with Crippen LogP contribution in [0.25, 0.3) is 0 Å². The van der Waals surface area contributed by atoms with E-state index in [0.29, 0.717) is 30.1 Å². The molecule has 4 heteroatoms. The molecular weight excluding hydrogens is 231 g/mol. The van der Waals surface area contributed by atoms with Crippen molar-refractivity contribution in [1.29, 1.82) is 0 Å². The highest BCUT2D eigenvalue weighted by molar-refractivity contribution is 5.52. The van der Waals surface area contributed by atoms with E-state index in [-0.39, 0.29) is 5.82 Å². The van der Waals surface area contributed by atoms with Crippen LogP contribution in [-0.2, 0) is 0 Å². The Kier molecular flexibility index (Phi) is 5.41. The highest BCUT2D eigenvalue weighted by Gasteiger charge is 2.13. The Balaban J connectivity index is 2.52. The normalized spacial score (nSPS) is 11.6. The zero-order valence-corrected chi connectivity index (χ0v) is 11.6. The van der Waals surface area contributed by atoms with Crippen LogP contribution >= 0.6 is 0 Å². The molecule has 0 saturated carbocycles. The van der Waals surface area contributed by atoms with Crippen molar-refractivity contribution in [2.24, 2.45) is 0 Å². The first kappa shape index (κ1) is 14.8. The maximum Gasteiger partial charge on any atom is 0.145 e. The van der Waals surface area contributed by atoms with E-state index in [2.05, 4.69) is 32.6 Å². The summed E-state index contributed by atoms with van der Waals surface area (Å²) >= 11 is 0. The van der Waals surface area contributed by atoms with Crippen LogP contribution in [0, 0.1) is 5.82 Å². The molecule has 0 heterocycles. The van der Waals surface area contributed by atoms with Crippen molar-refractivity contribution in [3.63, 3.8) is 0 Å². The Labute approximate surface area is 109 Å². The van der Waals surface area contributed by atoms with E-state index in [1.807, 2.05) is 0 Å². The Hall–Kier alpha value is -1.29. The minimum atomic E-state index is -0.330. The highest BCUT2D eigenvalue weighted by Crippen LogP contribution is 2.21. The third-order valence-corrected chi connectivity index (χ3v) is 2.91. The number of ether oxygens (including phenoxy) is 1. The molecule has 18 heavy (non-hydrogen) atoms. The molecule has 0 atom stereocenters. The van der Waals surface area contributed by atoms with Gasteiger partial charge in [-0.2, -0.15) is 0 Å². The number of anilines is 1. The van der Waals surface area contributed by atoms with E-state index in [1.165, 1.54) is 18.2 Å². The molecule has 0 saturated heterocycles. The Morgan fingerprint density at radius 3 is 2.39 bits per heavy atom. The second-order valence-corrected chi connectivity index (χ2v) is 4.96. The van der Waals surface area contributed by atoms with Crippen molar-refractivity contribution in [2.45, 2.75) is 39.8 Å². The molecule has 0 aromatic heterocycles. The zero-order chi connectivity index (χ0) is 13.7. The lowest BCUT2D eigenvalue weighted by molar-refractivity contribution is 0.142. The molecule has 102 valence electrons. The molecule has 0 aliphatic carbocycles. The number of nitrogen functional groups attached to an aromatic ring is 1. The van der Waals surface area contributed by atoms with Crippen LogP contribution in [0.2, 0.25) is 0 Å². The number of rotatable bonds is 6. The van der Waals surface area contributed by atoms with Gasteiger partial charge in [-0.15, -0.1) is 0 Å². The SMILES string of the molecule is CC(C)N(CCOc1cc(F)ccc1N)C(C)C. The van der Waals surface area contributed by atoms with Gasteiger partial charge in [-0.25, -0.2) is 4.39 Å². The molecule has 0 aliphatic rings. The van der Waals surface area contributed by atoms with Crippen molar-refractivity contribution in [3.05, 3.63) is 24.0 Å². The van der Waals surface area contributed by atoms with Gasteiger partial charge in [-0.3, -0.25) is 4.90 Å². The lowest BCUT2D eigenvalue weighted by atomic mass is 10.2. The first-order chi connectivity index (χ1) is 8.41. The van der Waals surface area contributed by atoms with Crippen LogP contribution in [0.3, 0.4) is 0 Å². The topological polar surface area (TPSA) is 38.5 Å². The van der Waals surface area contributed by atoms with Gasteiger partial charge < -0.3 is 10.5 Å². The van der Waals surface area contributed by atoms with Crippen LogP contribution in [0.4, 0.5) is 10.1 Å². The summed E-state index contributed by atoms with van der Waals surface area (Å²) in [6.45, 7) is 9.90. The average Bonchev–Trinajstić information content (AvgIpc) is 2.27. The molecular formula is C14H23FN2O. The van der Waals surface area contributed by atoms with Gasteiger partial charge in [0.05, 0.1) is 5.69 Å². The Morgan fingerprint density at radius 2 is 1.83 bits per heavy atom. The summed E-state index contributed by atoms with van der Waals surface area (Å²) < 4.78 is 18.6. The number of hydrogen-bond acceptors (Lipinski definition) is 3. The third-order valence-electron chi connectivity index (χ3n) is 2.91. The van der Waals surface area contributed by atoms with Crippen LogP contribution in [0.15, 0.2) is 18.2 Å². The van der Waals surface area contributed by atoms with Crippen LogP contribution in [0.1, 0.15) is 27.7 Å². The Morgan fingerprint density at radius 1 is 1.22 bits per heavy atom. The zero-order valence-electron chi connectivity index (χ0n) is 11.6. The predicted molar refractivity (Wildman–Crippen MR) is 73.3 cm³/mol. The molecule has 1 rings (SSSR count). The molecule has 1 aromatic rings. The van der Waals surface area contributed by atoms with Gasteiger partial charge in [0.2, 0.25) is 0 Å². The lowest BCUT2D eigenvalue weighted by Crippen LogP contribution is -2.39. The molecule has 0 unspecified atom stereocenters. The highest BCUT2D eigenvalue weighted by atomic mass is 19.1. The van der Waals surface area contributed by atoms with Gasteiger partial charge in [0.1, 0.15) is 18.2 Å². The largest absolute Gasteiger partial charge is 0.490 e. The van der Waals surface area contributed by atoms with E-state index in [9.17, 15) is 4.39 Å². The van der Waals surface area contributed by atoms with Crippen molar-refractivity contribution in [1.82, 2.24) is 4.90 Å². The van der Waals surface area contributed by atoms with Crippen LogP contribution < -0.4 is 10.5 Å². The van der Waals surface area contributed by atoms with Crippen molar-refractivity contribution in [3.8, 4) is 5.75 Å². The maximum absolute atomic E-state index is 13.0. The van der Waals surface area contributed by atoms with Crippen LogP contribution in [0.5, 0.6) is 5.75 Å². The molecule has 0 radical (unpaired) electrons. The van der Waals surface area contributed by atoms with Gasteiger partial charge in [-0.05, 0) is 39.8 Å². The predicted octanol–water partition coefficient (Wildman–Crippen LogP) is 2.91. The monoisotopic (exact) mass is 254 g/mol. The summed E-state index contributed by atoms with van der Waals surface area (Å²) in [4.78, 5) is 2.31. The molecule has 0 fully saturated rings. The fourth-order valence-corrected chi connectivity index (χ4v) is 2.01. The molecule has 3 nitrogen and oxygen atoms in total. The molecule has 2 N–H and O–H groups in total. The molecule has 0 aliphatic heterocycles. The second kappa shape index (κ2) is 6.59. The average molecular weight is 254 g/mol. The quantitative estimate of drug-likeness (QED) is 0.793. The van der Waals surface area contributed by atoms with E-state index < -0.39 is 0 Å². The number of benzene rings is 1. The Bertz CT molecular complexity index is 372. The first-order valence-corrected chi connectivity index (χ1v) is 6.35. The smallest absolute Gasteiger partial charge is 0.145 e. The summed E-state index contributed by atoms with van der Waals surface area (Å²) in [6, 6.07) is 5.09. The number of halogens is 1. The molecule has 0 spiro atoms. The summed E-state index contributed by atoms with van der Waals surface area (Å²) in [5, 5.41) is 0. The van der Waals surface area contributed by atoms with Gasteiger partial charge in [0.25, 0.3) is 0 Å². The number of nitrogens with two attached hydrogens (primary N) is 1. The van der Waals surface area contributed by atoms with E-state index >= 15 is 0 Å². The van der Waals surface area contributed by atoms with Gasteiger partial charge in [0.15, 0.2) is 0 Å². The van der Waals surface area contributed by atoms with E-state index in [0.717, 1.165) is 6.54 Å². The standard InChI is InChI=1S/C14H23FN2O/c1-10(2)17(11(3)4)7-8-18-14-9-12(15)5-6-13(14)16/h5-6,9-11H,7-8,16H2,1-4H3. The lowest BCUT2D eigenvalue weighted by Gasteiger charge is -2.30. The first-order valence-electron chi connectivity index (χ1n) is 6.35. The number of hydrogen-bond donors (Lipinski definition) is 1. The molecule has 1 aromatic carbocycles. The van der Waals surface area contributed by atoms with E-state index in [4.69, 9.17) is 10.5 Å². The van der Waals surface area contributed by atoms with Crippen molar-refractivity contribution < 1.29 is 9.13 Å². The minimum absolute atomic E-state index is 0.330. The van der Waals surface area contributed by atoms with Gasteiger partial charge in [0, 0.05) is 24.7 Å². The summed E-state index contributed by atoms with van der Waals surface area (Å²) in [5.74, 6) is 0.0891. The maximum atomic E-state index is 13.0. The fraction of sp³-hybridized carbons (Fsp3) is 0.571. The number of nitrogens with zero attached hydrogens (tertiary/aromatic N) is 1. The van der Waals surface area contributed by atoms with Gasteiger partial charge >= 0.3 is 0 Å².